The van der Waals surface area contributed by atoms with E-state index in [1.807, 2.05) is 6.92 Å². The van der Waals surface area contributed by atoms with Gasteiger partial charge < -0.3 is 14.8 Å². The van der Waals surface area contributed by atoms with Crippen molar-refractivity contribution in [1.29, 1.82) is 0 Å². The molecular formula is C16H16N4O4. The molecular weight excluding hydrogens is 312 g/mol. The van der Waals surface area contributed by atoms with Gasteiger partial charge in [-0.05, 0) is 19.1 Å². The normalized spacial score (nSPS) is 11.1. The number of nitrogens with zero attached hydrogens (tertiary/aromatic N) is 4. The molecule has 0 fully saturated rings. The minimum Gasteiger partial charge on any atom is -0.477 e. The standard InChI is InChI=1S/C16H16N4O4/c1-2-19-9-12(16(23)24)14(22)11-3-4-13(18-15(11)19)10-7-17-20(8-10)5-6-21/h3-4,7-9,21H,2,5-6H2,1H3,(H,23,24). The maximum absolute atomic E-state index is 12.3. The van der Waals surface area contributed by atoms with E-state index >= 15 is 0 Å². The molecule has 0 aromatic carbocycles. The van der Waals surface area contributed by atoms with Crippen LogP contribution in [0, 0.1) is 0 Å². The van der Waals surface area contributed by atoms with Crippen LogP contribution in [0.1, 0.15) is 17.3 Å². The first-order valence-electron chi connectivity index (χ1n) is 7.46. The summed E-state index contributed by atoms with van der Waals surface area (Å²) in [6.07, 6.45) is 4.70. The molecule has 0 unspecified atom stereocenters. The Morgan fingerprint density at radius 3 is 2.75 bits per heavy atom. The molecule has 0 aliphatic heterocycles. The summed E-state index contributed by atoms with van der Waals surface area (Å²) in [5.74, 6) is -1.25. The minimum absolute atomic E-state index is 0.0143. The van der Waals surface area contributed by atoms with Crippen molar-refractivity contribution in [2.75, 3.05) is 6.61 Å². The quantitative estimate of drug-likeness (QED) is 0.722. The third-order valence-corrected chi connectivity index (χ3v) is 3.75. The van der Waals surface area contributed by atoms with Gasteiger partial charge in [0.15, 0.2) is 0 Å². The summed E-state index contributed by atoms with van der Waals surface area (Å²) in [6, 6.07) is 3.25. The molecule has 3 aromatic heterocycles. The number of aliphatic hydroxyl groups is 1. The van der Waals surface area contributed by atoms with Crippen LogP contribution in [0.4, 0.5) is 0 Å². The van der Waals surface area contributed by atoms with E-state index in [1.165, 1.54) is 6.20 Å². The van der Waals surface area contributed by atoms with Gasteiger partial charge in [0.25, 0.3) is 0 Å². The third-order valence-electron chi connectivity index (χ3n) is 3.75. The fourth-order valence-corrected chi connectivity index (χ4v) is 2.54. The van der Waals surface area contributed by atoms with Crippen LogP contribution in [0.15, 0.2) is 35.5 Å². The average Bonchev–Trinajstić information content (AvgIpc) is 3.03. The van der Waals surface area contributed by atoms with Crippen molar-refractivity contribution < 1.29 is 15.0 Å². The van der Waals surface area contributed by atoms with Crippen LogP contribution in [0.2, 0.25) is 0 Å². The number of carboxylic acid groups (broad SMARTS) is 1. The Morgan fingerprint density at radius 2 is 2.08 bits per heavy atom. The van der Waals surface area contributed by atoms with Crippen molar-refractivity contribution in [2.45, 2.75) is 20.0 Å². The van der Waals surface area contributed by atoms with Gasteiger partial charge in [0.2, 0.25) is 5.43 Å². The molecule has 24 heavy (non-hydrogen) atoms. The molecule has 8 nitrogen and oxygen atoms in total. The third kappa shape index (κ3) is 2.67. The first kappa shape index (κ1) is 15.9. The molecule has 0 saturated heterocycles. The zero-order valence-corrected chi connectivity index (χ0v) is 13.0. The Balaban J connectivity index is 2.18. The summed E-state index contributed by atoms with van der Waals surface area (Å²) >= 11 is 0. The summed E-state index contributed by atoms with van der Waals surface area (Å²) in [5, 5.41) is 22.5. The molecule has 8 heteroatoms. The van der Waals surface area contributed by atoms with Crippen LogP contribution in [0.25, 0.3) is 22.3 Å². The highest BCUT2D eigenvalue weighted by Crippen LogP contribution is 2.19. The largest absolute Gasteiger partial charge is 0.477 e. The molecule has 0 amide bonds. The smallest absolute Gasteiger partial charge is 0.341 e. The van der Waals surface area contributed by atoms with Crippen molar-refractivity contribution in [3.63, 3.8) is 0 Å². The summed E-state index contributed by atoms with van der Waals surface area (Å²) < 4.78 is 3.24. The monoisotopic (exact) mass is 328 g/mol. The molecule has 0 atom stereocenters. The van der Waals surface area contributed by atoms with Gasteiger partial charge in [-0.3, -0.25) is 9.48 Å². The highest BCUT2D eigenvalue weighted by molar-refractivity contribution is 5.92. The molecule has 0 spiro atoms. The molecule has 3 aromatic rings. The second-order valence-corrected chi connectivity index (χ2v) is 5.25. The van der Waals surface area contributed by atoms with Gasteiger partial charge in [-0.25, -0.2) is 9.78 Å². The van der Waals surface area contributed by atoms with Crippen molar-refractivity contribution in [2.24, 2.45) is 0 Å². The maximum atomic E-state index is 12.3. The van der Waals surface area contributed by atoms with Crippen molar-refractivity contribution in [1.82, 2.24) is 19.3 Å². The van der Waals surface area contributed by atoms with Gasteiger partial charge in [0.05, 0.1) is 30.4 Å². The lowest BCUT2D eigenvalue weighted by atomic mass is 10.1. The number of hydrogen-bond acceptors (Lipinski definition) is 5. The Bertz CT molecular complexity index is 974. The topological polar surface area (TPSA) is 110 Å². The molecule has 0 aliphatic carbocycles. The van der Waals surface area contributed by atoms with E-state index in [-0.39, 0.29) is 17.6 Å². The van der Waals surface area contributed by atoms with Gasteiger partial charge in [-0.1, -0.05) is 0 Å². The highest BCUT2D eigenvalue weighted by Gasteiger charge is 2.16. The molecule has 124 valence electrons. The van der Waals surface area contributed by atoms with Crippen LogP contribution < -0.4 is 5.43 Å². The molecule has 2 N–H and O–H groups in total. The zero-order valence-electron chi connectivity index (χ0n) is 13.0. The van der Waals surface area contributed by atoms with Crippen molar-refractivity contribution in [3.05, 3.63) is 46.5 Å². The maximum Gasteiger partial charge on any atom is 0.341 e. The lowest BCUT2D eigenvalue weighted by Gasteiger charge is -2.10. The minimum atomic E-state index is -1.25. The molecule has 3 rings (SSSR count). The fraction of sp³-hybridized carbons (Fsp3) is 0.250. The Morgan fingerprint density at radius 1 is 1.29 bits per heavy atom. The SMILES string of the molecule is CCn1cc(C(=O)O)c(=O)c2ccc(-c3cnn(CCO)c3)nc21. The Hall–Kier alpha value is -3.00. The number of rotatable bonds is 5. The van der Waals surface area contributed by atoms with E-state index in [9.17, 15) is 9.59 Å². The Kier molecular flexibility index (Phi) is 4.13. The number of pyridine rings is 2. The number of aryl methyl sites for hydroxylation is 1. The molecule has 0 saturated carbocycles. The van der Waals surface area contributed by atoms with E-state index in [4.69, 9.17) is 10.2 Å². The van der Waals surface area contributed by atoms with Gasteiger partial charge in [-0.15, -0.1) is 0 Å². The van der Waals surface area contributed by atoms with E-state index in [0.29, 0.717) is 24.4 Å². The summed E-state index contributed by atoms with van der Waals surface area (Å²) in [7, 11) is 0. The fourth-order valence-electron chi connectivity index (χ4n) is 2.54. The summed E-state index contributed by atoms with van der Waals surface area (Å²) in [5.41, 5.74) is 0.992. The number of aromatic nitrogens is 4. The van der Waals surface area contributed by atoms with Crippen LogP contribution in [0.5, 0.6) is 0 Å². The second-order valence-electron chi connectivity index (χ2n) is 5.25. The number of fused-ring (bicyclic) bond motifs is 1. The predicted octanol–water partition coefficient (Wildman–Crippen LogP) is 0.970. The van der Waals surface area contributed by atoms with Crippen LogP contribution >= 0.6 is 0 Å². The number of carboxylic acids is 1. The summed E-state index contributed by atoms with van der Waals surface area (Å²) in [6.45, 7) is 2.70. The second kappa shape index (κ2) is 6.25. The number of aromatic carboxylic acids is 1. The molecule has 3 heterocycles. The molecule has 0 bridgehead atoms. The van der Waals surface area contributed by atoms with E-state index in [1.54, 1.807) is 33.8 Å². The number of carbonyl (C=O) groups is 1. The van der Waals surface area contributed by atoms with Crippen molar-refractivity contribution >= 4 is 17.0 Å². The molecule has 0 aliphatic rings. The Labute approximate surface area is 136 Å². The lowest BCUT2D eigenvalue weighted by Crippen LogP contribution is -2.19. The first-order valence-corrected chi connectivity index (χ1v) is 7.46. The van der Waals surface area contributed by atoms with Crippen LogP contribution in [0.3, 0.4) is 0 Å². The zero-order chi connectivity index (χ0) is 17.3. The van der Waals surface area contributed by atoms with E-state index < -0.39 is 11.4 Å². The van der Waals surface area contributed by atoms with Gasteiger partial charge in [0.1, 0.15) is 11.2 Å². The highest BCUT2D eigenvalue weighted by atomic mass is 16.4. The van der Waals surface area contributed by atoms with E-state index in [0.717, 1.165) is 5.56 Å². The molecule has 0 radical (unpaired) electrons. The van der Waals surface area contributed by atoms with Crippen molar-refractivity contribution in [3.8, 4) is 11.3 Å². The number of aliphatic hydroxyl groups excluding tert-OH is 1. The van der Waals surface area contributed by atoms with Crippen LogP contribution in [-0.4, -0.2) is 42.1 Å². The van der Waals surface area contributed by atoms with E-state index in [2.05, 4.69) is 10.1 Å². The first-order chi connectivity index (χ1) is 11.5. The summed E-state index contributed by atoms with van der Waals surface area (Å²) in [4.78, 5) is 28.0. The van der Waals surface area contributed by atoms with Gasteiger partial charge >= 0.3 is 5.97 Å². The predicted molar refractivity (Wildman–Crippen MR) is 86.9 cm³/mol. The average molecular weight is 328 g/mol. The lowest BCUT2D eigenvalue weighted by molar-refractivity contribution is 0.0695. The van der Waals surface area contributed by atoms with Gasteiger partial charge in [0, 0.05) is 24.5 Å². The van der Waals surface area contributed by atoms with Crippen LogP contribution in [-0.2, 0) is 13.1 Å². The van der Waals surface area contributed by atoms with Gasteiger partial charge in [-0.2, -0.15) is 5.10 Å². The number of hydrogen-bond donors (Lipinski definition) is 2.